The maximum Gasteiger partial charge on any atom is 0.343 e. The van der Waals surface area contributed by atoms with E-state index >= 15 is 0 Å². The van der Waals surface area contributed by atoms with Gasteiger partial charge in [0.2, 0.25) is 0 Å². The first-order chi connectivity index (χ1) is 11.4. The third-order valence-corrected chi connectivity index (χ3v) is 4.59. The Balaban J connectivity index is 2.11. The van der Waals surface area contributed by atoms with Crippen LogP contribution in [-0.4, -0.2) is 11.0 Å². The number of nitrogens with zero attached hydrogens (tertiary/aromatic N) is 1. The minimum Gasteiger partial charge on any atom is -0.419 e. The Morgan fingerprint density at radius 2 is 1.79 bits per heavy atom. The Labute approximate surface area is 150 Å². The van der Waals surface area contributed by atoms with Crippen LogP contribution in [0.15, 0.2) is 36.4 Å². The van der Waals surface area contributed by atoms with Crippen molar-refractivity contribution >= 4 is 40.1 Å². The molecule has 0 aliphatic carbocycles. The van der Waals surface area contributed by atoms with Crippen LogP contribution in [0.3, 0.4) is 0 Å². The van der Waals surface area contributed by atoms with E-state index in [1.165, 1.54) is 0 Å². The topological polar surface area (TPSA) is 39.2 Å². The van der Waals surface area contributed by atoms with Gasteiger partial charge in [-0.15, -0.1) is 0 Å². The lowest BCUT2D eigenvalue weighted by molar-refractivity contribution is 0.0736. The molecule has 0 radical (unpaired) electrons. The standard InChI is InChI=1S/C19H15Cl2NO2/c1-10-5-4-6-13(12(10)3)19(23)24-18-16(21)9-15(20)14-8-7-11(2)22-17(14)18/h4-9H,1-3H3. The summed E-state index contributed by atoms with van der Waals surface area (Å²) in [4.78, 5) is 17.0. The van der Waals surface area contributed by atoms with Crippen molar-refractivity contribution in [3.05, 3.63) is 68.8 Å². The van der Waals surface area contributed by atoms with Crippen molar-refractivity contribution in [3.8, 4) is 5.75 Å². The average molecular weight is 360 g/mol. The fourth-order valence-electron chi connectivity index (χ4n) is 2.51. The molecule has 0 atom stereocenters. The van der Waals surface area contributed by atoms with Crippen molar-refractivity contribution < 1.29 is 9.53 Å². The maximum absolute atomic E-state index is 12.6. The normalized spacial score (nSPS) is 10.9. The van der Waals surface area contributed by atoms with Crippen molar-refractivity contribution in [2.45, 2.75) is 20.8 Å². The summed E-state index contributed by atoms with van der Waals surface area (Å²) in [6, 6.07) is 10.7. The number of carbonyl (C=O) groups is 1. The van der Waals surface area contributed by atoms with E-state index in [1.54, 1.807) is 12.1 Å². The Morgan fingerprint density at radius 1 is 1.04 bits per heavy atom. The van der Waals surface area contributed by atoms with Crippen LogP contribution in [0.5, 0.6) is 5.75 Å². The van der Waals surface area contributed by atoms with E-state index in [1.807, 2.05) is 45.0 Å². The van der Waals surface area contributed by atoms with Crippen LogP contribution in [-0.2, 0) is 0 Å². The third-order valence-electron chi connectivity index (χ3n) is 4.00. The molecule has 3 aromatic rings. The predicted molar refractivity (Wildman–Crippen MR) is 97.4 cm³/mol. The highest BCUT2D eigenvalue weighted by atomic mass is 35.5. The Bertz CT molecular complexity index is 967. The van der Waals surface area contributed by atoms with Crippen molar-refractivity contribution in [1.29, 1.82) is 0 Å². The number of ether oxygens (including phenoxy) is 1. The van der Waals surface area contributed by atoms with Gasteiger partial charge in [0.25, 0.3) is 0 Å². The van der Waals surface area contributed by atoms with Gasteiger partial charge in [0.05, 0.1) is 15.6 Å². The summed E-state index contributed by atoms with van der Waals surface area (Å²) in [5, 5.41) is 1.41. The van der Waals surface area contributed by atoms with Gasteiger partial charge in [-0.05, 0) is 56.2 Å². The number of fused-ring (bicyclic) bond motifs is 1. The largest absolute Gasteiger partial charge is 0.419 e. The van der Waals surface area contributed by atoms with Crippen LogP contribution in [0.1, 0.15) is 27.2 Å². The highest BCUT2D eigenvalue weighted by Crippen LogP contribution is 2.37. The lowest BCUT2D eigenvalue weighted by Crippen LogP contribution is -2.12. The van der Waals surface area contributed by atoms with E-state index in [4.69, 9.17) is 27.9 Å². The quantitative estimate of drug-likeness (QED) is 0.436. The second-order valence-corrected chi connectivity index (χ2v) is 6.47. The van der Waals surface area contributed by atoms with Gasteiger partial charge < -0.3 is 4.74 Å². The number of esters is 1. The van der Waals surface area contributed by atoms with Gasteiger partial charge in [0.1, 0.15) is 5.52 Å². The molecule has 1 heterocycles. The number of aryl methyl sites for hydroxylation is 2. The van der Waals surface area contributed by atoms with Crippen molar-refractivity contribution in [1.82, 2.24) is 4.98 Å². The van der Waals surface area contributed by atoms with Gasteiger partial charge in [-0.25, -0.2) is 9.78 Å². The number of hydrogen-bond donors (Lipinski definition) is 0. The minimum absolute atomic E-state index is 0.227. The third kappa shape index (κ3) is 2.97. The van der Waals surface area contributed by atoms with Gasteiger partial charge in [-0.1, -0.05) is 35.3 Å². The van der Waals surface area contributed by atoms with Crippen molar-refractivity contribution in [3.63, 3.8) is 0 Å². The van der Waals surface area contributed by atoms with Crippen LogP contribution in [0.2, 0.25) is 10.0 Å². The summed E-state index contributed by atoms with van der Waals surface area (Å²) in [5.41, 5.74) is 3.66. The molecule has 0 amide bonds. The molecule has 1 aromatic heterocycles. The summed E-state index contributed by atoms with van der Waals surface area (Å²) < 4.78 is 5.60. The summed E-state index contributed by atoms with van der Waals surface area (Å²) in [6.07, 6.45) is 0. The monoisotopic (exact) mass is 359 g/mol. The van der Waals surface area contributed by atoms with Crippen LogP contribution >= 0.6 is 23.2 Å². The zero-order valence-electron chi connectivity index (χ0n) is 13.5. The lowest BCUT2D eigenvalue weighted by atomic mass is 10.0. The molecule has 3 rings (SSSR count). The fraction of sp³-hybridized carbons (Fsp3) is 0.158. The molecule has 2 aromatic carbocycles. The smallest absolute Gasteiger partial charge is 0.343 e. The zero-order valence-corrected chi connectivity index (χ0v) is 15.0. The summed E-state index contributed by atoms with van der Waals surface area (Å²) in [6.45, 7) is 5.68. The zero-order chi connectivity index (χ0) is 17.4. The second kappa shape index (κ2) is 6.42. The number of rotatable bonds is 2. The SMILES string of the molecule is Cc1ccc2c(Cl)cc(Cl)c(OC(=O)c3cccc(C)c3C)c2n1. The minimum atomic E-state index is -0.468. The summed E-state index contributed by atoms with van der Waals surface area (Å²) in [5.74, 6) is -0.240. The first-order valence-corrected chi connectivity index (χ1v) is 8.18. The molecular weight excluding hydrogens is 345 g/mol. The first-order valence-electron chi connectivity index (χ1n) is 7.42. The molecule has 0 spiro atoms. The molecule has 0 saturated heterocycles. The average Bonchev–Trinajstić information content (AvgIpc) is 2.53. The fourth-order valence-corrected chi connectivity index (χ4v) is 3.06. The van der Waals surface area contributed by atoms with Gasteiger partial charge in [0, 0.05) is 11.1 Å². The Hall–Kier alpha value is -2.10. The number of hydrogen-bond acceptors (Lipinski definition) is 3. The van der Waals surface area contributed by atoms with Gasteiger partial charge >= 0.3 is 5.97 Å². The number of carbonyl (C=O) groups excluding carboxylic acids is 1. The highest BCUT2D eigenvalue weighted by molar-refractivity contribution is 6.39. The van der Waals surface area contributed by atoms with Crippen LogP contribution in [0.4, 0.5) is 0 Å². The Morgan fingerprint density at radius 3 is 2.54 bits per heavy atom. The second-order valence-electron chi connectivity index (χ2n) is 5.66. The van der Waals surface area contributed by atoms with Crippen LogP contribution < -0.4 is 4.74 Å². The molecule has 0 aliphatic heterocycles. The molecule has 24 heavy (non-hydrogen) atoms. The van der Waals surface area contributed by atoms with Gasteiger partial charge in [0.15, 0.2) is 5.75 Å². The molecule has 0 bridgehead atoms. The molecule has 0 unspecified atom stereocenters. The van der Waals surface area contributed by atoms with Crippen molar-refractivity contribution in [2.75, 3.05) is 0 Å². The van der Waals surface area contributed by atoms with E-state index in [0.717, 1.165) is 16.8 Å². The molecule has 5 heteroatoms. The van der Waals surface area contributed by atoms with E-state index in [0.29, 0.717) is 21.5 Å². The first kappa shape index (κ1) is 16.7. The number of pyridine rings is 1. The van der Waals surface area contributed by atoms with Crippen LogP contribution in [0, 0.1) is 20.8 Å². The summed E-state index contributed by atoms with van der Waals surface area (Å²) in [7, 11) is 0. The van der Waals surface area contributed by atoms with Gasteiger partial charge in [-0.3, -0.25) is 0 Å². The van der Waals surface area contributed by atoms with Gasteiger partial charge in [-0.2, -0.15) is 0 Å². The molecule has 122 valence electrons. The number of halogens is 2. The van der Waals surface area contributed by atoms with E-state index < -0.39 is 5.97 Å². The molecular formula is C19H15Cl2NO2. The number of aromatic nitrogens is 1. The van der Waals surface area contributed by atoms with E-state index in [9.17, 15) is 4.79 Å². The van der Waals surface area contributed by atoms with E-state index in [-0.39, 0.29) is 10.8 Å². The lowest BCUT2D eigenvalue weighted by Gasteiger charge is -2.12. The highest BCUT2D eigenvalue weighted by Gasteiger charge is 2.19. The molecule has 3 nitrogen and oxygen atoms in total. The summed E-state index contributed by atoms with van der Waals surface area (Å²) >= 11 is 12.5. The van der Waals surface area contributed by atoms with Crippen molar-refractivity contribution in [2.24, 2.45) is 0 Å². The molecule has 0 saturated carbocycles. The molecule has 0 aliphatic rings. The Kier molecular flexibility index (Phi) is 4.48. The maximum atomic E-state index is 12.6. The number of benzene rings is 2. The predicted octanol–water partition coefficient (Wildman–Crippen LogP) is 5.69. The molecule has 0 fully saturated rings. The van der Waals surface area contributed by atoms with Crippen LogP contribution in [0.25, 0.3) is 10.9 Å². The molecule has 0 N–H and O–H groups in total. The van der Waals surface area contributed by atoms with E-state index in [2.05, 4.69) is 4.98 Å².